The summed E-state index contributed by atoms with van der Waals surface area (Å²) < 4.78 is 0. The van der Waals surface area contributed by atoms with Crippen molar-refractivity contribution in [1.29, 1.82) is 0 Å². The number of hydrogen-bond acceptors (Lipinski definition) is 4. The first-order valence-electron chi connectivity index (χ1n) is 16.7. The molecule has 4 aliphatic carbocycles. The van der Waals surface area contributed by atoms with Crippen LogP contribution >= 0.6 is 0 Å². The highest BCUT2D eigenvalue weighted by Gasteiger charge is 2.58. The molecule has 2 heterocycles. The molecule has 2 aliphatic heterocycles. The molecule has 0 bridgehead atoms. The highest BCUT2D eigenvalue weighted by molar-refractivity contribution is 6.06. The predicted molar refractivity (Wildman–Crippen MR) is 153 cm³/mol. The van der Waals surface area contributed by atoms with Gasteiger partial charge in [0.15, 0.2) is 0 Å². The molecular formula is C34H52N2O4. The van der Waals surface area contributed by atoms with Crippen LogP contribution in [0.2, 0.25) is 0 Å². The van der Waals surface area contributed by atoms with Gasteiger partial charge in [0.05, 0.1) is 23.7 Å². The zero-order valence-corrected chi connectivity index (χ0v) is 25.7. The van der Waals surface area contributed by atoms with Crippen LogP contribution in [0.4, 0.5) is 0 Å². The van der Waals surface area contributed by atoms with Gasteiger partial charge in [0.1, 0.15) is 0 Å². The highest BCUT2D eigenvalue weighted by Crippen LogP contribution is 2.54. The number of carbonyl (C=O) groups is 4. The largest absolute Gasteiger partial charge is 0.285 e. The first-order valence-corrected chi connectivity index (χ1v) is 16.7. The third-order valence-electron chi connectivity index (χ3n) is 13.3. The Hall–Kier alpha value is -1.72. The average molecular weight is 553 g/mol. The fourth-order valence-corrected chi connectivity index (χ4v) is 11.2. The minimum atomic E-state index is -0.201. The summed E-state index contributed by atoms with van der Waals surface area (Å²) in [7, 11) is 1.62. The van der Waals surface area contributed by atoms with E-state index in [-0.39, 0.29) is 53.3 Å². The summed E-state index contributed by atoms with van der Waals surface area (Å²) in [5.41, 5.74) is 0. The molecule has 6 rings (SSSR count). The van der Waals surface area contributed by atoms with Gasteiger partial charge in [0, 0.05) is 13.1 Å². The summed E-state index contributed by atoms with van der Waals surface area (Å²) in [5.74, 6) is 4.45. The molecule has 6 fully saturated rings. The van der Waals surface area contributed by atoms with Gasteiger partial charge in [-0.15, -0.1) is 0 Å². The molecule has 0 spiro atoms. The Morgan fingerprint density at radius 2 is 0.900 bits per heavy atom. The maximum atomic E-state index is 14.0. The summed E-state index contributed by atoms with van der Waals surface area (Å²) in [6.07, 6.45) is 10.2. The fraction of sp³-hybridized carbons (Fsp3) is 0.882. The average Bonchev–Trinajstić information content (AvgIpc) is 3.27. The van der Waals surface area contributed by atoms with Crippen LogP contribution in [0, 0.1) is 76.9 Å². The van der Waals surface area contributed by atoms with E-state index in [0.29, 0.717) is 29.6 Å². The SMILES string of the molecule is CC1CCC(C2CCC(N3C(=O)C4CC(C)C(C5CC6C(=O)N(C)C(=O)C6CC5C)CC4C3=O)CC2C)C(C)C1. The standard InChI is InChI=1S/C34H52N2O4/c1-17-7-9-23(18(2)11-17)24-10-8-22(12-19(24)3)36-33(39)28-14-21(5)26(16-30(28)34(36)40)25-15-29-27(13-20(25)4)31(37)35(6)32(29)38/h17-30H,7-16H2,1-6H3. The van der Waals surface area contributed by atoms with Crippen molar-refractivity contribution < 1.29 is 19.2 Å². The van der Waals surface area contributed by atoms with Crippen LogP contribution in [0.3, 0.4) is 0 Å². The van der Waals surface area contributed by atoms with Crippen LogP contribution in [0.25, 0.3) is 0 Å². The van der Waals surface area contributed by atoms with E-state index in [9.17, 15) is 19.2 Å². The van der Waals surface area contributed by atoms with E-state index in [0.717, 1.165) is 68.6 Å². The van der Waals surface area contributed by atoms with Gasteiger partial charge >= 0.3 is 0 Å². The molecule has 4 amide bonds. The van der Waals surface area contributed by atoms with Crippen LogP contribution < -0.4 is 0 Å². The zero-order chi connectivity index (χ0) is 28.6. The molecule has 0 aromatic carbocycles. The Morgan fingerprint density at radius 3 is 1.43 bits per heavy atom. The maximum absolute atomic E-state index is 14.0. The molecule has 222 valence electrons. The van der Waals surface area contributed by atoms with E-state index >= 15 is 0 Å². The number of fused-ring (bicyclic) bond motifs is 2. The van der Waals surface area contributed by atoms with Gasteiger partial charge in [-0.05, 0) is 111 Å². The predicted octanol–water partition coefficient (Wildman–Crippen LogP) is 5.79. The van der Waals surface area contributed by atoms with Crippen molar-refractivity contribution in [2.45, 2.75) is 105 Å². The molecule has 0 N–H and O–H groups in total. The van der Waals surface area contributed by atoms with Crippen LogP contribution in [0.15, 0.2) is 0 Å². The number of amides is 4. The van der Waals surface area contributed by atoms with Crippen LogP contribution in [0.5, 0.6) is 0 Å². The second-order valence-electron chi connectivity index (χ2n) is 15.6. The van der Waals surface area contributed by atoms with Gasteiger partial charge in [0.25, 0.3) is 0 Å². The molecule has 40 heavy (non-hydrogen) atoms. The minimum absolute atomic E-state index is 0.0132. The van der Waals surface area contributed by atoms with Crippen molar-refractivity contribution in [3.8, 4) is 0 Å². The monoisotopic (exact) mass is 552 g/mol. The quantitative estimate of drug-likeness (QED) is 0.416. The number of carbonyl (C=O) groups excluding carboxylic acids is 4. The van der Waals surface area contributed by atoms with Gasteiger partial charge in [-0.1, -0.05) is 41.0 Å². The number of nitrogens with zero attached hydrogens (tertiary/aromatic N) is 2. The van der Waals surface area contributed by atoms with Crippen molar-refractivity contribution in [2.75, 3.05) is 7.05 Å². The summed E-state index contributed by atoms with van der Waals surface area (Å²) >= 11 is 0. The van der Waals surface area contributed by atoms with Crippen LogP contribution in [0.1, 0.15) is 98.8 Å². The lowest BCUT2D eigenvalue weighted by Crippen LogP contribution is -2.46. The molecular weight excluding hydrogens is 500 g/mol. The molecule has 4 saturated carbocycles. The third kappa shape index (κ3) is 4.49. The van der Waals surface area contributed by atoms with Crippen molar-refractivity contribution >= 4 is 23.6 Å². The Labute approximate surface area is 241 Å². The minimum Gasteiger partial charge on any atom is -0.285 e. The molecule has 14 unspecified atom stereocenters. The Morgan fingerprint density at radius 1 is 0.475 bits per heavy atom. The first-order chi connectivity index (χ1) is 19.0. The van der Waals surface area contributed by atoms with E-state index in [1.54, 1.807) is 11.9 Å². The van der Waals surface area contributed by atoms with Crippen molar-refractivity contribution in [2.24, 2.45) is 76.9 Å². The summed E-state index contributed by atoms with van der Waals surface area (Å²) in [4.78, 5) is 56.3. The molecule has 6 nitrogen and oxygen atoms in total. The normalized spacial score (nSPS) is 49.9. The lowest BCUT2D eigenvalue weighted by molar-refractivity contribution is -0.144. The second kappa shape index (κ2) is 10.5. The Kier molecular flexibility index (Phi) is 7.47. The number of imide groups is 2. The molecule has 6 aliphatic rings. The van der Waals surface area contributed by atoms with Gasteiger partial charge in [-0.25, -0.2) is 0 Å². The molecule has 6 heteroatoms. The topological polar surface area (TPSA) is 74.8 Å². The number of hydrogen-bond donors (Lipinski definition) is 0. The first kappa shape index (κ1) is 28.4. The van der Waals surface area contributed by atoms with Crippen molar-refractivity contribution in [3.05, 3.63) is 0 Å². The Bertz CT molecular complexity index is 1060. The summed E-state index contributed by atoms with van der Waals surface area (Å²) in [6, 6.07) is 0.0652. The van der Waals surface area contributed by atoms with E-state index in [1.807, 2.05) is 0 Å². The van der Waals surface area contributed by atoms with E-state index in [4.69, 9.17) is 0 Å². The van der Waals surface area contributed by atoms with E-state index in [2.05, 4.69) is 34.6 Å². The van der Waals surface area contributed by atoms with E-state index in [1.165, 1.54) is 24.2 Å². The van der Waals surface area contributed by atoms with E-state index < -0.39 is 0 Å². The van der Waals surface area contributed by atoms with Gasteiger partial charge in [-0.3, -0.25) is 29.0 Å². The smallest absolute Gasteiger partial charge is 0.233 e. The number of rotatable bonds is 3. The number of likely N-dealkylation sites (tertiary alicyclic amines) is 2. The van der Waals surface area contributed by atoms with Gasteiger partial charge < -0.3 is 0 Å². The summed E-state index contributed by atoms with van der Waals surface area (Å²) in [5, 5.41) is 0. The van der Waals surface area contributed by atoms with Gasteiger partial charge in [-0.2, -0.15) is 0 Å². The summed E-state index contributed by atoms with van der Waals surface area (Å²) in [6.45, 7) is 11.7. The second-order valence-corrected chi connectivity index (χ2v) is 15.6. The Balaban J connectivity index is 1.13. The van der Waals surface area contributed by atoms with Crippen LogP contribution in [-0.2, 0) is 19.2 Å². The lowest BCUT2D eigenvalue weighted by Gasteiger charge is -2.45. The van der Waals surface area contributed by atoms with Crippen LogP contribution in [-0.4, -0.2) is 46.5 Å². The zero-order valence-electron chi connectivity index (χ0n) is 25.7. The maximum Gasteiger partial charge on any atom is 0.233 e. The highest BCUT2D eigenvalue weighted by atomic mass is 16.2. The molecule has 0 aromatic heterocycles. The molecule has 2 saturated heterocycles. The van der Waals surface area contributed by atoms with Gasteiger partial charge in [0.2, 0.25) is 23.6 Å². The fourth-order valence-electron chi connectivity index (χ4n) is 11.2. The molecule has 0 radical (unpaired) electrons. The van der Waals surface area contributed by atoms with Crippen molar-refractivity contribution in [1.82, 2.24) is 9.80 Å². The van der Waals surface area contributed by atoms with Crippen molar-refractivity contribution in [3.63, 3.8) is 0 Å². The molecule has 0 aromatic rings. The molecule has 14 atom stereocenters. The third-order valence-corrected chi connectivity index (χ3v) is 13.3. The lowest BCUT2D eigenvalue weighted by atomic mass is 9.58.